The molecule has 1 N–H and O–H groups in total. The van der Waals surface area contributed by atoms with Gasteiger partial charge in [-0.05, 0) is 38.5 Å². The lowest BCUT2D eigenvalue weighted by Gasteiger charge is -2.39. The Morgan fingerprint density at radius 2 is 2.22 bits per heavy atom. The summed E-state index contributed by atoms with van der Waals surface area (Å²) in [7, 11) is 0. The Hall–Kier alpha value is -0.820. The molecule has 2 saturated heterocycles. The van der Waals surface area contributed by atoms with Gasteiger partial charge in [0.05, 0.1) is 18.3 Å². The molecular formula is C20H30O3. The molecule has 1 aliphatic carbocycles. The first-order valence-electron chi connectivity index (χ1n) is 8.98. The minimum absolute atomic E-state index is 0.0819. The number of aliphatic hydroxyl groups excluding tert-OH is 1. The molecule has 2 aliphatic heterocycles. The van der Waals surface area contributed by atoms with Crippen LogP contribution in [0.25, 0.3) is 0 Å². The van der Waals surface area contributed by atoms with Crippen LogP contribution < -0.4 is 0 Å². The van der Waals surface area contributed by atoms with Crippen LogP contribution in [0.15, 0.2) is 11.6 Å². The molecule has 3 rings (SSSR count). The van der Waals surface area contributed by atoms with Gasteiger partial charge < -0.3 is 14.6 Å². The van der Waals surface area contributed by atoms with Crippen molar-refractivity contribution in [1.82, 2.24) is 0 Å². The first-order valence-corrected chi connectivity index (χ1v) is 8.98. The van der Waals surface area contributed by atoms with Gasteiger partial charge in [0.1, 0.15) is 5.60 Å². The number of hydrogen-bond donors (Lipinski definition) is 1. The summed E-state index contributed by atoms with van der Waals surface area (Å²) in [5.74, 6) is 4.89. The topological polar surface area (TPSA) is 42.0 Å². The lowest BCUT2D eigenvalue weighted by molar-refractivity contribution is -0.0209. The van der Waals surface area contributed by atoms with Crippen LogP contribution in [0.3, 0.4) is 0 Å². The van der Waals surface area contributed by atoms with E-state index in [1.165, 1.54) is 5.57 Å². The maximum atomic E-state index is 9.25. The van der Waals surface area contributed by atoms with E-state index in [1.807, 2.05) is 0 Å². The normalized spacial score (nSPS) is 45.5. The molecule has 23 heavy (non-hydrogen) atoms. The van der Waals surface area contributed by atoms with Gasteiger partial charge in [0.2, 0.25) is 0 Å². The molecule has 3 heteroatoms. The molecule has 0 amide bonds. The summed E-state index contributed by atoms with van der Waals surface area (Å²) in [4.78, 5) is 0. The summed E-state index contributed by atoms with van der Waals surface area (Å²) in [6.07, 6.45) is 10.8. The second-order valence-electron chi connectivity index (χ2n) is 8.00. The van der Waals surface area contributed by atoms with Gasteiger partial charge >= 0.3 is 0 Å². The summed E-state index contributed by atoms with van der Waals surface area (Å²) < 4.78 is 12.5. The fraction of sp³-hybridized carbons (Fsp3) is 0.800. The zero-order chi connectivity index (χ0) is 16.8. The Bertz CT molecular complexity index is 517. The van der Waals surface area contributed by atoms with Crippen LogP contribution in [0, 0.1) is 36.0 Å². The SMILES string of the molecule is C#CC[C@H]1O[C@@H]([C@@]2(C)O[C@H]2CCO)[C@H]2[C@@H]1C(C)=CC[C@@H]2C(C)C. The van der Waals surface area contributed by atoms with Gasteiger partial charge in [-0.15, -0.1) is 12.3 Å². The van der Waals surface area contributed by atoms with Crippen LogP contribution in [-0.4, -0.2) is 35.6 Å². The minimum atomic E-state index is -0.264. The zero-order valence-corrected chi connectivity index (χ0v) is 14.8. The number of terminal acetylenes is 1. The fourth-order valence-electron chi connectivity index (χ4n) is 5.01. The Balaban J connectivity index is 1.91. The van der Waals surface area contributed by atoms with E-state index < -0.39 is 0 Å². The molecular weight excluding hydrogens is 288 g/mol. The van der Waals surface area contributed by atoms with Gasteiger partial charge in [0.15, 0.2) is 0 Å². The molecule has 0 aromatic rings. The Morgan fingerprint density at radius 1 is 1.48 bits per heavy atom. The van der Waals surface area contributed by atoms with Crippen molar-refractivity contribution in [1.29, 1.82) is 0 Å². The van der Waals surface area contributed by atoms with Crippen LogP contribution in [0.4, 0.5) is 0 Å². The summed E-state index contributed by atoms with van der Waals surface area (Å²) in [5.41, 5.74) is 1.16. The van der Waals surface area contributed by atoms with Gasteiger partial charge in [-0.1, -0.05) is 25.5 Å². The number of ether oxygens (including phenoxy) is 2. The zero-order valence-electron chi connectivity index (χ0n) is 14.8. The highest BCUT2D eigenvalue weighted by Gasteiger charge is 2.65. The Kier molecular flexibility index (Phi) is 4.62. The fourth-order valence-corrected chi connectivity index (χ4v) is 5.01. The molecule has 3 aliphatic rings. The summed E-state index contributed by atoms with van der Waals surface area (Å²) in [6, 6.07) is 0. The standard InChI is InChI=1S/C20H30O3/c1-6-7-15-17-13(4)8-9-14(12(2)3)18(17)19(22-15)20(5)16(23-20)10-11-21/h1,8,12,14-19,21H,7,9-11H2,2-5H3/t14-,15-,16+,17-,18-,19-,20+/m1/s1. The second kappa shape index (κ2) is 6.24. The second-order valence-corrected chi connectivity index (χ2v) is 8.00. The van der Waals surface area contributed by atoms with E-state index in [0.29, 0.717) is 36.5 Å². The number of allylic oxidation sites excluding steroid dienone is 1. The highest BCUT2D eigenvalue weighted by atomic mass is 16.6. The summed E-state index contributed by atoms with van der Waals surface area (Å²) in [6.45, 7) is 9.16. The molecule has 0 bridgehead atoms. The number of fused-ring (bicyclic) bond motifs is 1. The quantitative estimate of drug-likeness (QED) is 0.481. The number of rotatable bonds is 5. The molecule has 0 saturated carbocycles. The van der Waals surface area contributed by atoms with Gasteiger partial charge in [-0.2, -0.15) is 0 Å². The first-order chi connectivity index (χ1) is 10.9. The van der Waals surface area contributed by atoms with Crippen LogP contribution in [0.1, 0.15) is 47.0 Å². The Morgan fingerprint density at radius 3 is 2.83 bits per heavy atom. The van der Waals surface area contributed by atoms with Crippen molar-refractivity contribution in [2.45, 2.75) is 70.9 Å². The lowest BCUT2D eigenvalue weighted by Crippen LogP contribution is -2.42. The van der Waals surface area contributed by atoms with Gasteiger partial charge in [0, 0.05) is 24.9 Å². The van der Waals surface area contributed by atoms with E-state index in [0.717, 1.165) is 6.42 Å². The molecule has 0 radical (unpaired) electrons. The van der Waals surface area contributed by atoms with Crippen molar-refractivity contribution in [3.05, 3.63) is 11.6 Å². The highest BCUT2D eigenvalue weighted by molar-refractivity contribution is 5.23. The van der Waals surface area contributed by atoms with Crippen molar-refractivity contribution in [2.24, 2.45) is 23.7 Å². The molecule has 2 fully saturated rings. The lowest BCUT2D eigenvalue weighted by atomic mass is 9.64. The average Bonchev–Trinajstić information content (AvgIpc) is 2.98. The highest BCUT2D eigenvalue weighted by Crippen LogP contribution is 2.57. The van der Waals surface area contributed by atoms with E-state index in [9.17, 15) is 5.11 Å². The average molecular weight is 318 g/mol. The van der Waals surface area contributed by atoms with Crippen molar-refractivity contribution in [3.8, 4) is 12.3 Å². The predicted octanol–water partition coefficient (Wildman–Crippen LogP) is 3.17. The number of aliphatic hydroxyl groups is 1. The van der Waals surface area contributed by atoms with Gasteiger partial charge in [0.25, 0.3) is 0 Å². The van der Waals surface area contributed by atoms with Gasteiger partial charge in [-0.3, -0.25) is 0 Å². The third-order valence-corrected chi connectivity index (χ3v) is 6.33. The summed E-state index contributed by atoms with van der Waals surface area (Å²) >= 11 is 0. The maximum Gasteiger partial charge on any atom is 0.118 e. The minimum Gasteiger partial charge on any atom is -0.396 e. The third kappa shape index (κ3) is 2.76. The monoisotopic (exact) mass is 318 g/mol. The molecule has 0 unspecified atom stereocenters. The predicted molar refractivity (Wildman–Crippen MR) is 90.8 cm³/mol. The van der Waals surface area contributed by atoms with Crippen molar-refractivity contribution < 1.29 is 14.6 Å². The molecule has 3 nitrogen and oxygen atoms in total. The number of hydrogen-bond acceptors (Lipinski definition) is 3. The van der Waals surface area contributed by atoms with E-state index in [2.05, 4.69) is 39.7 Å². The van der Waals surface area contributed by atoms with E-state index in [4.69, 9.17) is 15.9 Å². The van der Waals surface area contributed by atoms with Crippen LogP contribution >= 0.6 is 0 Å². The van der Waals surface area contributed by atoms with Gasteiger partial charge in [-0.25, -0.2) is 0 Å². The molecule has 0 aromatic carbocycles. The largest absolute Gasteiger partial charge is 0.396 e. The summed E-state index contributed by atoms with van der Waals surface area (Å²) in [5, 5.41) is 9.25. The molecule has 128 valence electrons. The molecule has 0 aromatic heterocycles. The van der Waals surface area contributed by atoms with Crippen LogP contribution in [0.2, 0.25) is 0 Å². The first kappa shape index (κ1) is 17.0. The van der Waals surface area contributed by atoms with E-state index in [1.54, 1.807) is 0 Å². The van der Waals surface area contributed by atoms with Crippen molar-refractivity contribution in [3.63, 3.8) is 0 Å². The van der Waals surface area contributed by atoms with E-state index >= 15 is 0 Å². The van der Waals surface area contributed by atoms with Crippen molar-refractivity contribution >= 4 is 0 Å². The smallest absolute Gasteiger partial charge is 0.118 e. The molecule has 0 spiro atoms. The van der Waals surface area contributed by atoms with E-state index in [-0.39, 0.29) is 30.5 Å². The van der Waals surface area contributed by atoms with Crippen LogP contribution in [0.5, 0.6) is 0 Å². The third-order valence-electron chi connectivity index (χ3n) is 6.33. The molecule has 7 atom stereocenters. The molecule has 2 heterocycles. The maximum absolute atomic E-state index is 9.25. The van der Waals surface area contributed by atoms with Crippen molar-refractivity contribution in [2.75, 3.05) is 6.61 Å². The Labute approximate surface area is 140 Å². The van der Waals surface area contributed by atoms with Crippen LogP contribution in [-0.2, 0) is 9.47 Å². The number of epoxide rings is 1.